The molecule has 0 saturated carbocycles. The number of phenols is 2. The van der Waals surface area contributed by atoms with Crippen LogP contribution in [-0.2, 0) is 16.8 Å². The van der Waals surface area contributed by atoms with Gasteiger partial charge in [0.1, 0.15) is 11.5 Å². The molecular formula is C14H20CoO4. The smallest absolute Gasteiger partial charge is 0.118 e. The van der Waals surface area contributed by atoms with Crippen LogP contribution in [-0.4, -0.2) is 21.2 Å². The van der Waals surface area contributed by atoms with Crippen molar-refractivity contribution < 1.29 is 37.9 Å². The van der Waals surface area contributed by atoms with Crippen LogP contribution in [0, 0.1) is 13.8 Å². The summed E-state index contributed by atoms with van der Waals surface area (Å²) in [6, 6.07) is 14.5. The summed E-state index contributed by atoms with van der Waals surface area (Å²) in [5, 5.41) is 17.8. The number of hydrogen-bond acceptors (Lipinski definition) is 2. The first-order chi connectivity index (χ1) is 7.61. The van der Waals surface area contributed by atoms with Crippen LogP contribution < -0.4 is 0 Å². The zero-order valence-corrected chi connectivity index (χ0v) is 11.9. The maximum atomic E-state index is 8.92. The van der Waals surface area contributed by atoms with Crippen molar-refractivity contribution in [1.82, 2.24) is 0 Å². The Kier molecular flexibility index (Phi) is 13.8. The van der Waals surface area contributed by atoms with Gasteiger partial charge in [-0.3, -0.25) is 0 Å². The van der Waals surface area contributed by atoms with Crippen molar-refractivity contribution in [2.75, 3.05) is 0 Å². The number of aromatic hydroxyl groups is 2. The summed E-state index contributed by atoms with van der Waals surface area (Å²) in [5.41, 5.74) is 1.85. The van der Waals surface area contributed by atoms with Crippen molar-refractivity contribution in [3.63, 3.8) is 0 Å². The Morgan fingerprint density at radius 3 is 1.05 bits per heavy atom. The van der Waals surface area contributed by atoms with E-state index in [1.165, 1.54) is 0 Å². The van der Waals surface area contributed by atoms with Gasteiger partial charge >= 0.3 is 0 Å². The van der Waals surface area contributed by atoms with E-state index in [2.05, 4.69) is 0 Å². The monoisotopic (exact) mass is 311 g/mol. The molecule has 0 aliphatic rings. The number of rotatable bonds is 0. The van der Waals surface area contributed by atoms with Gasteiger partial charge < -0.3 is 21.2 Å². The van der Waals surface area contributed by atoms with Gasteiger partial charge in [0.05, 0.1) is 0 Å². The van der Waals surface area contributed by atoms with Gasteiger partial charge in [0.15, 0.2) is 0 Å². The summed E-state index contributed by atoms with van der Waals surface area (Å²) in [6.07, 6.45) is 0. The maximum absolute atomic E-state index is 8.92. The van der Waals surface area contributed by atoms with Crippen LogP contribution in [0.2, 0.25) is 0 Å². The number of phenolic OH excluding ortho intramolecular Hbond substituents is 2. The van der Waals surface area contributed by atoms with Crippen molar-refractivity contribution in [3.8, 4) is 11.5 Å². The van der Waals surface area contributed by atoms with Gasteiger partial charge in [0, 0.05) is 16.8 Å². The predicted octanol–water partition coefficient (Wildman–Crippen LogP) is 1.75. The quantitative estimate of drug-likeness (QED) is 0.774. The summed E-state index contributed by atoms with van der Waals surface area (Å²) in [6.45, 7) is 3.74. The van der Waals surface area contributed by atoms with Crippen molar-refractivity contribution in [3.05, 3.63) is 59.7 Å². The van der Waals surface area contributed by atoms with E-state index in [1.54, 1.807) is 12.1 Å². The zero-order chi connectivity index (χ0) is 12.0. The Labute approximate surface area is 123 Å². The average Bonchev–Trinajstić information content (AvgIpc) is 2.28. The Hall–Kier alpha value is -1.53. The van der Waals surface area contributed by atoms with E-state index in [9.17, 15) is 0 Å². The van der Waals surface area contributed by atoms with Crippen LogP contribution in [0.15, 0.2) is 48.5 Å². The topological polar surface area (TPSA) is 103 Å². The van der Waals surface area contributed by atoms with Crippen molar-refractivity contribution >= 4 is 0 Å². The molecule has 0 heterocycles. The van der Waals surface area contributed by atoms with Crippen LogP contribution in [0.3, 0.4) is 0 Å². The van der Waals surface area contributed by atoms with E-state index in [1.807, 2.05) is 50.2 Å². The fourth-order valence-corrected chi connectivity index (χ4v) is 1.13. The molecule has 1 radical (unpaired) electrons. The molecule has 0 bridgehead atoms. The first-order valence-electron chi connectivity index (χ1n) is 5.10. The van der Waals surface area contributed by atoms with Gasteiger partial charge in [-0.25, -0.2) is 0 Å². The Morgan fingerprint density at radius 2 is 0.895 bits per heavy atom. The molecule has 0 aliphatic heterocycles. The van der Waals surface area contributed by atoms with Crippen molar-refractivity contribution in [1.29, 1.82) is 0 Å². The second kappa shape index (κ2) is 11.6. The van der Waals surface area contributed by atoms with Gasteiger partial charge in [0.2, 0.25) is 0 Å². The van der Waals surface area contributed by atoms with Crippen LogP contribution in [0.5, 0.6) is 11.5 Å². The third kappa shape index (κ3) is 8.23. The molecule has 4 nitrogen and oxygen atoms in total. The van der Waals surface area contributed by atoms with E-state index in [0.29, 0.717) is 11.5 Å². The van der Waals surface area contributed by atoms with E-state index < -0.39 is 0 Å². The minimum atomic E-state index is 0. The number of aryl methyl sites for hydroxylation is 2. The normalized spacial score (nSPS) is 7.68. The fraction of sp³-hybridized carbons (Fsp3) is 0.143. The largest absolute Gasteiger partial charge is 0.508 e. The molecule has 109 valence electrons. The molecule has 0 saturated heterocycles. The molecule has 0 aliphatic carbocycles. The Morgan fingerprint density at radius 1 is 0.632 bits per heavy atom. The molecule has 2 aromatic rings. The second-order valence-corrected chi connectivity index (χ2v) is 3.57. The average molecular weight is 311 g/mol. The summed E-state index contributed by atoms with van der Waals surface area (Å²) >= 11 is 0. The SMILES string of the molecule is Cc1ccccc1O.Cc1ccccc1O.O.O.[Co]. The molecule has 0 unspecified atom stereocenters. The molecule has 0 aromatic heterocycles. The van der Waals surface area contributed by atoms with Gasteiger partial charge in [-0.1, -0.05) is 36.4 Å². The van der Waals surface area contributed by atoms with Crippen LogP contribution in [0.25, 0.3) is 0 Å². The molecule has 0 amide bonds. The Balaban J connectivity index is -0.000000233. The van der Waals surface area contributed by atoms with Gasteiger partial charge in [-0.05, 0) is 37.1 Å². The third-order valence-corrected chi connectivity index (χ3v) is 2.23. The van der Waals surface area contributed by atoms with Crippen molar-refractivity contribution in [2.24, 2.45) is 0 Å². The maximum Gasteiger partial charge on any atom is 0.118 e. The molecule has 6 N–H and O–H groups in total. The van der Waals surface area contributed by atoms with Crippen LogP contribution >= 0.6 is 0 Å². The zero-order valence-electron chi connectivity index (χ0n) is 10.8. The van der Waals surface area contributed by atoms with Gasteiger partial charge in [0.25, 0.3) is 0 Å². The minimum Gasteiger partial charge on any atom is -0.508 e. The third-order valence-electron chi connectivity index (χ3n) is 2.23. The molecular weight excluding hydrogens is 291 g/mol. The van der Waals surface area contributed by atoms with Crippen LogP contribution in [0.4, 0.5) is 0 Å². The van der Waals surface area contributed by atoms with Gasteiger partial charge in [-0.2, -0.15) is 0 Å². The number of hydrogen-bond donors (Lipinski definition) is 2. The predicted molar refractivity (Wildman–Crippen MR) is 72.9 cm³/mol. The molecule has 0 atom stereocenters. The van der Waals surface area contributed by atoms with Gasteiger partial charge in [-0.15, -0.1) is 0 Å². The number of benzene rings is 2. The summed E-state index contributed by atoms with van der Waals surface area (Å²) in [7, 11) is 0. The van der Waals surface area contributed by atoms with Crippen molar-refractivity contribution in [2.45, 2.75) is 13.8 Å². The first kappa shape index (κ1) is 22.6. The molecule has 5 heteroatoms. The Bertz CT molecular complexity index is 375. The van der Waals surface area contributed by atoms with E-state index in [0.717, 1.165) is 11.1 Å². The summed E-state index contributed by atoms with van der Waals surface area (Å²) in [5.74, 6) is 0.736. The molecule has 2 aromatic carbocycles. The second-order valence-electron chi connectivity index (χ2n) is 3.57. The van der Waals surface area contributed by atoms with E-state index in [4.69, 9.17) is 10.2 Å². The fourth-order valence-electron chi connectivity index (χ4n) is 1.13. The summed E-state index contributed by atoms with van der Waals surface area (Å²) < 4.78 is 0. The minimum absolute atomic E-state index is 0. The van der Waals surface area contributed by atoms with E-state index >= 15 is 0 Å². The summed E-state index contributed by atoms with van der Waals surface area (Å²) in [4.78, 5) is 0. The van der Waals surface area contributed by atoms with E-state index in [-0.39, 0.29) is 27.7 Å². The first-order valence-corrected chi connectivity index (χ1v) is 5.10. The standard InChI is InChI=1S/2C7H8O.Co.2H2O/c2*1-6-4-2-3-5-7(6)8;;;/h2*2-5,8H,1H3;;2*1H2. The molecule has 19 heavy (non-hydrogen) atoms. The van der Waals surface area contributed by atoms with Crippen LogP contribution in [0.1, 0.15) is 11.1 Å². The molecule has 0 spiro atoms. The molecule has 2 rings (SSSR count). The molecule has 0 fully saturated rings. The number of para-hydroxylation sites is 2.